The van der Waals surface area contributed by atoms with Crippen molar-refractivity contribution in [3.63, 3.8) is 0 Å². The van der Waals surface area contributed by atoms with E-state index in [1.165, 1.54) is 0 Å². The number of rotatable bonds is 1. The predicted octanol–water partition coefficient (Wildman–Crippen LogP) is 1.71. The Labute approximate surface area is 100 Å². The second kappa shape index (κ2) is 3.86. The lowest BCUT2D eigenvalue weighted by Crippen LogP contribution is -2.30. The third-order valence-corrected chi connectivity index (χ3v) is 3.29. The zero-order valence-electron chi connectivity index (χ0n) is 9.79. The van der Waals surface area contributed by atoms with Crippen LogP contribution in [0, 0.1) is 13.8 Å². The van der Waals surface area contributed by atoms with Gasteiger partial charge in [0.05, 0.1) is 5.60 Å². The van der Waals surface area contributed by atoms with Gasteiger partial charge in [0, 0.05) is 18.7 Å². The van der Waals surface area contributed by atoms with Crippen molar-refractivity contribution in [1.82, 2.24) is 9.97 Å². The van der Waals surface area contributed by atoms with Crippen molar-refractivity contribution in [3.05, 3.63) is 16.5 Å². The van der Waals surface area contributed by atoms with E-state index in [4.69, 9.17) is 11.6 Å². The number of halogens is 1. The van der Waals surface area contributed by atoms with Gasteiger partial charge in [-0.05, 0) is 27.2 Å². The van der Waals surface area contributed by atoms with E-state index in [9.17, 15) is 5.11 Å². The van der Waals surface area contributed by atoms with Gasteiger partial charge < -0.3 is 10.0 Å². The van der Waals surface area contributed by atoms with E-state index < -0.39 is 5.60 Å². The Morgan fingerprint density at radius 2 is 2.06 bits per heavy atom. The number of hydrogen-bond acceptors (Lipinski definition) is 4. The van der Waals surface area contributed by atoms with Crippen molar-refractivity contribution in [3.8, 4) is 0 Å². The van der Waals surface area contributed by atoms with Gasteiger partial charge in [0.2, 0.25) is 0 Å². The number of aromatic nitrogens is 2. The summed E-state index contributed by atoms with van der Waals surface area (Å²) in [5, 5.41) is 10.4. The molecule has 4 nitrogen and oxygen atoms in total. The Hall–Kier alpha value is -0.870. The summed E-state index contributed by atoms with van der Waals surface area (Å²) in [5.74, 6) is 1.51. The highest BCUT2D eigenvalue weighted by molar-refractivity contribution is 6.30. The second-order valence-electron chi connectivity index (χ2n) is 4.68. The zero-order chi connectivity index (χ0) is 11.9. The lowest BCUT2D eigenvalue weighted by Gasteiger charge is -2.21. The number of β-amino-alcohol motifs (C(OH)–C–C–N with tert-alkyl or cyclic N) is 1. The molecule has 0 aromatic carbocycles. The third kappa shape index (κ3) is 2.13. The van der Waals surface area contributed by atoms with Crippen LogP contribution in [0.15, 0.2) is 0 Å². The summed E-state index contributed by atoms with van der Waals surface area (Å²) < 4.78 is 0. The van der Waals surface area contributed by atoms with Crippen LogP contribution in [0.2, 0.25) is 5.15 Å². The van der Waals surface area contributed by atoms with E-state index in [0.717, 1.165) is 24.3 Å². The number of nitrogens with zero attached hydrogens (tertiary/aromatic N) is 3. The summed E-state index contributed by atoms with van der Waals surface area (Å²) in [5.41, 5.74) is 0.252. The summed E-state index contributed by atoms with van der Waals surface area (Å²) in [6.07, 6.45) is 0.757. The number of anilines is 1. The van der Waals surface area contributed by atoms with E-state index in [1.807, 2.05) is 20.8 Å². The molecule has 1 saturated heterocycles. The molecule has 0 amide bonds. The normalized spacial score (nSPS) is 25.2. The molecule has 0 saturated carbocycles. The van der Waals surface area contributed by atoms with Crippen molar-refractivity contribution < 1.29 is 5.11 Å². The predicted molar refractivity (Wildman–Crippen MR) is 64.0 cm³/mol. The molecule has 88 valence electrons. The monoisotopic (exact) mass is 241 g/mol. The van der Waals surface area contributed by atoms with E-state index in [-0.39, 0.29) is 0 Å². The largest absolute Gasteiger partial charge is 0.388 e. The highest BCUT2D eigenvalue weighted by Gasteiger charge is 2.33. The molecular formula is C11H16ClN3O. The zero-order valence-corrected chi connectivity index (χ0v) is 10.5. The molecule has 0 spiro atoms. The molecule has 0 bridgehead atoms. The summed E-state index contributed by atoms with van der Waals surface area (Å²) >= 11 is 6.03. The Morgan fingerprint density at radius 1 is 1.38 bits per heavy atom. The molecule has 1 N–H and O–H groups in total. The van der Waals surface area contributed by atoms with Gasteiger partial charge in [-0.1, -0.05) is 11.6 Å². The fourth-order valence-corrected chi connectivity index (χ4v) is 2.22. The van der Waals surface area contributed by atoms with Gasteiger partial charge in [-0.15, -0.1) is 0 Å². The lowest BCUT2D eigenvalue weighted by molar-refractivity contribution is 0.0839. The van der Waals surface area contributed by atoms with Crippen molar-refractivity contribution in [2.75, 3.05) is 18.0 Å². The number of aliphatic hydroxyl groups is 1. The molecule has 2 heterocycles. The standard InChI is InChI=1S/C11H16ClN3O/c1-7-9(12)13-8(2)14-10(7)15-5-4-11(3,16)6-15/h16H,4-6H2,1-3H3. The van der Waals surface area contributed by atoms with E-state index in [0.29, 0.717) is 17.5 Å². The number of aryl methyl sites for hydroxylation is 1. The minimum atomic E-state index is -0.627. The van der Waals surface area contributed by atoms with Crippen LogP contribution < -0.4 is 4.90 Å². The highest BCUT2D eigenvalue weighted by atomic mass is 35.5. The van der Waals surface area contributed by atoms with Crippen molar-refractivity contribution >= 4 is 17.4 Å². The first-order chi connectivity index (χ1) is 7.39. The van der Waals surface area contributed by atoms with E-state index >= 15 is 0 Å². The molecule has 16 heavy (non-hydrogen) atoms. The molecule has 1 fully saturated rings. The third-order valence-electron chi connectivity index (χ3n) is 2.92. The topological polar surface area (TPSA) is 49.2 Å². The van der Waals surface area contributed by atoms with Crippen LogP contribution in [0.1, 0.15) is 24.7 Å². The van der Waals surface area contributed by atoms with Crippen LogP contribution in [0.3, 0.4) is 0 Å². The molecule has 1 aliphatic heterocycles. The molecule has 5 heteroatoms. The van der Waals surface area contributed by atoms with Crippen LogP contribution in [0.25, 0.3) is 0 Å². The summed E-state index contributed by atoms with van der Waals surface area (Å²) in [6.45, 7) is 6.98. The van der Waals surface area contributed by atoms with Gasteiger partial charge in [0.15, 0.2) is 0 Å². The van der Waals surface area contributed by atoms with Crippen LogP contribution in [0.4, 0.5) is 5.82 Å². The van der Waals surface area contributed by atoms with E-state index in [2.05, 4.69) is 14.9 Å². The molecule has 1 aromatic rings. The lowest BCUT2D eigenvalue weighted by atomic mass is 10.1. The summed E-state index contributed by atoms with van der Waals surface area (Å²) in [6, 6.07) is 0. The first-order valence-corrected chi connectivity index (χ1v) is 5.75. The summed E-state index contributed by atoms with van der Waals surface area (Å²) in [4.78, 5) is 10.6. The van der Waals surface area contributed by atoms with Gasteiger partial charge in [0.25, 0.3) is 0 Å². The van der Waals surface area contributed by atoms with Crippen molar-refractivity contribution in [2.45, 2.75) is 32.8 Å². The van der Waals surface area contributed by atoms with Crippen molar-refractivity contribution in [2.24, 2.45) is 0 Å². The average molecular weight is 242 g/mol. The van der Waals surface area contributed by atoms with Gasteiger partial charge in [0.1, 0.15) is 16.8 Å². The summed E-state index contributed by atoms with van der Waals surface area (Å²) in [7, 11) is 0. The quantitative estimate of drug-likeness (QED) is 0.761. The Balaban J connectivity index is 2.35. The van der Waals surface area contributed by atoms with Crippen LogP contribution in [-0.4, -0.2) is 33.8 Å². The fraction of sp³-hybridized carbons (Fsp3) is 0.636. The van der Waals surface area contributed by atoms with Crippen molar-refractivity contribution in [1.29, 1.82) is 0 Å². The minimum Gasteiger partial charge on any atom is -0.388 e. The van der Waals surface area contributed by atoms with Gasteiger partial charge in [-0.25, -0.2) is 9.97 Å². The van der Waals surface area contributed by atoms with E-state index in [1.54, 1.807) is 0 Å². The average Bonchev–Trinajstić information content (AvgIpc) is 2.52. The second-order valence-corrected chi connectivity index (χ2v) is 5.04. The van der Waals surface area contributed by atoms with Crippen LogP contribution in [0.5, 0.6) is 0 Å². The molecule has 1 aliphatic rings. The molecule has 1 aromatic heterocycles. The molecule has 0 radical (unpaired) electrons. The fourth-order valence-electron chi connectivity index (χ4n) is 2.01. The first kappa shape index (κ1) is 11.6. The van der Waals surface area contributed by atoms with Gasteiger partial charge >= 0.3 is 0 Å². The maximum Gasteiger partial charge on any atom is 0.137 e. The SMILES string of the molecule is Cc1nc(Cl)c(C)c(N2CCC(C)(O)C2)n1. The maximum absolute atomic E-state index is 9.94. The van der Waals surface area contributed by atoms with Gasteiger partial charge in [-0.2, -0.15) is 0 Å². The Morgan fingerprint density at radius 3 is 2.62 bits per heavy atom. The molecule has 2 rings (SSSR count). The van der Waals surface area contributed by atoms with Gasteiger partial charge in [-0.3, -0.25) is 0 Å². The smallest absolute Gasteiger partial charge is 0.137 e. The molecule has 1 atom stereocenters. The molecule has 1 unspecified atom stereocenters. The number of hydrogen-bond donors (Lipinski definition) is 1. The molecule has 0 aliphatic carbocycles. The highest BCUT2D eigenvalue weighted by Crippen LogP contribution is 2.29. The maximum atomic E-state index is 9.94. The molecular weight excluding hydrogens is 226 g/mol. The first-order valence-electron chi connectivity index (χ1n) is 5.37. The minimum absolute atomic E-state index is 0.494. The Bertz CT molecular complexity index is 420. The Kier molecular flexibility index (Phi) is 2.80. The van der Waals surface area contributed by atoms with Crippen LogP contribution >= 0.6 is 11.6 Å². The van der Waals surface area contributed by atoms with Crippen LogP contribution in [-0.2, 0) is 0 Å².